The fourth-order valence-corrected chi connectivity index (χ4v) is 1.62. The molecule has 1 heterocycles. The molecule has 0 amide bonds. The van der Waals surface area contributed by atoms with Crippen molar-refractivity contribution in [3.63, 3.8) is 0 Å². The molecule has 1 aromatic rings. The highest BCUT2D eigenvalue weighted by molar-refractivity contribution is 5.01. The Kier molecular flexibility index (Phi) is 6.84. The van der Waals surface area contributed by atoms with E-state index in [1.54, 1.807) is 0 Å². The van der Waals surface area contributed by atoms with Crippen molar-refractivity contribution in [2.45, 2.75) is 26.8 Å². The molecule has 0 aliphatic heterocycles. The topological polar surface area (TPSA) is 56.5 Å². The second-order valence-corrected chi connectivity index (χ2v) is 3.79. The number of aryl methyl sites for hydroxylation is 2. The summed E-state index contributed by atoms with van der Waals surface area (Å²) in [5.74, 6) is 1.10. The van der Waals surface area contributed by atoms with E-state index < -0.39 is 0 Å². The van der Waals surface area contributed by atoms with Crippen LogP contribution in [0.5, 0.6) is 0 Å². The molecule has 0 saturated heterocycles. The normalized spacial score (nSPS) is 11.0. The predicted octanol–water partition coefficient (Wildman–Crippen LogP) is 0.779. The number of ether oxygens (including phenoxy) is 2. The second kappa shape index (κ2) is 8.22. The summed E-state index contributed by atoms with van der Waals surface area (Å²) in [5.41, 5.74) is 1.05. The molecule has 5 heteroatoms. The monoisotopic (exact) mass is 242 g/mol. The highest BCUT2D eigenvalue weighted by atomic mass is 16.5. The van der Waals surface area contributed by atoms with Gasteiger partial charge in [-0.3, -0.25) is 0 Å². The van der Waals surface area contributed by atoms with E-state index in [0.717, 1.165) is 24.5 Å². The third-order valence-electron chi connectivity index (χ3n) is 2.38. The third kappa shape index (κ3) is 5.30. The van der Waals surface area contributed by atoms with E-state index in [2.05, 4.69) is 16.5 Å². The molecule has 0 aliphatic rings. The Balaban J connectivity index is 2.13. The summed E-state index contributed by atoms with van der Waals surface area (Å²) in [6.07, 6.45) is 2.98. The van der Waals surface area contributed by atoms with Crippen molar-refractivity contribution >= 4 is 0 Å². The lowest BCUT2D eigenvalue weighted by atomic mass is 10.4. The summed E-state index contributed by atoms with van der Waals surface area (Å²) >= 11 is 0. The zero-order chi connectivity index (χ0) is 12.5. The molecule has 1 N–H and O–H groups in total. The molecule has 98 valence electrons. The molecule has 0 unspecified atom stereocenters. The Hall–Kier alpha value is -0.910. The van der Waals surface area contributed by atoms with E-state index in [1.807, 2.05) is 13.1 Å². The first-order chi connectivity index (χ1) is 8.27. The van der Waals surface area contributed by atoms with Gasteiger partial charge in [0.25, 0.3) is 0 Å². The first-order valence-corrected chi connectivity index (χ1v) is 6.07. The van der Waals surface area contributed by atoms with Crippen LogP contribution in [0, 0.1) is 6.92 Å². The van der Waals surface area contributed by atoms with Crippen molar-refractivity contribution in [1.82, 2.24) is 9.55 Å². The number of aromatic nitrogens is 2. The van der Waals surface area contributed by atoms with Crippen LogP contribution in [0.4, 0.5) is 0 Å². The molecule has 0 saturated carbocycles. The summed E-state index contributed by atoms with van der Waals surface area (Å²) < 4.78 is 12.7. The summed E-state index contributed by atoms with van der Waals surface area (Å²) in [6.45, 7) is 7.12. The molecular weight excluding hydrogens is 220 g/mol. The number of rotatable bonds is 9. The highest BCUT2D eigenvalue weighted by Crippen LogP contribution is 2.03. The van der Waals surface area contributed by atoms with Gasteiger partial charge in [0.1, 0.15) is 5.82 Å². The van der Waals surface area contributed by atoms with Crippen LogP contribution in [0.1, 0.15) is 18.4 Å². The van der Waals surface area contributed by atoms with Crippen molar-refractivity contribution in [1.29, 1.82) is 0 Å². The van der Waals surface area contributed by atoms with Crippen molar-refractivity contribution in [2.24, 2.45) is 0 Å². The quantitative estimate of drug-likeness (QED) is 0.650. The van der Waals surface area contributed by atoms with Gasteiger partial charge >= 0.3 is 0 Å². The molecule has 0 bridgehead atoms. The summed E-state index contributed by atoms with van der Waals surface area (Å²) in [6, 6.07) is 0. The second-order valence-electron chi connectivity index (χ2n) is 3.79. The first-order valence-electron chi connectivity index (χ1n) is 6.07. The molecule has 0 spiro atoms. The molecule has 1 aromatic heterocycles. The van der Waals surface area contributed by atoms with Crippen molar-refractivity contribution in [3.8, 4) is 0 Å². The van der Waals surface area contributed by atoms with E-state index in [9.17, 15) is 0 Å². The van der Waals surface area contributed by atoms with Gasteiger partial charge in [-0.15, -0.1) is 0 Å². The van der Waals surface area contributed by atoms with E-state index in [-0.39, 0.29) is 6.61 Å². The average molecular weight is 242 g/mol. The molecule has 0 fully saturated rings. The molecule has 1 rings (SSSR count). The van der Waals surface area contributed by atoms with E-state index >= 15 is 0 Å². The maximum Gasteiger partial charge on any atom is 0.108 e. The SMILES string of the molecule is CCc1nc(C)cn1CCOCCOCCO. The highest BCUT2D eigenvalue weighted by Gasteiger charge is 2.02. The summed E-state index contributed by atoms with van der Waals surface area (Å²) in [5, 5.41) is 8.50. The number of nitrogens with zero attached hydrogens (tertiary/aromatic N) is 2. The van der Waals surface area contributed by atoms with Gasteiger partial charge in [0, 0.05) is 19.2 Å². The Bertz CT molecular complexity index is 313. The number of aliphatic hydroxyl groups is 1. The van der Waals surface area contributed by atoms with Crippen LogP contribution in [-0.2, 0) is 22.4 Å². The molecule has 17 heavy (non-hydrogen) atoms. The molecule has 0 radical (unpaired) electrons. The largest absolute Gasteiger partial charge is 0.394 e. The van der Waals surface area contributed by atoms with Crippen LogP contribution in [0.15, 0.2) is 6.20 Å². The van der Waals surface area contributed by atoms with Crippen molar-refractivity contribution in [2.75, 3.05) is 33.0 Å². The van der Waals surface area contributed by atoms with Crippen molar-refractivity contribution in [3.05, 3.63) is 17.7 Å². The Morgan fingerprint density at radius 1 is 1.24 bits per heavy atom. The average Bonchev–Trinajstić information content (AvgIpc) is 2.68. The van der Waals surface area contributed by atoms with Crippen LogP contribution in [0.25, 0.3) is 0 Å². The molecule has 0 aromatic carbocycles. The number of hydrogen-bond acceptors (Lipinski definition) is 4. The van der Waals surface area contributed by atoms with E-state index in [4.69, 9.17) is 14.6 Å². The number of imidazole rings is 1. The van der Waals surface area contributed by atoms with Gasteiger partial charge in [0.15, 0.2) is 0 Å². The fraction of sp³-hybridized carbons (Fsp3) is 0.750. The maximum absolute atomic E-state index is 8.50. The fourth-order valence-electron chi connectivity index (χ4n) is 1.62. The van der Waals surface area contributed by atoms with Crippen LogP contribution < -0.4 is 0 Å². The van der Waals surface area contributed by atoms with Gasteiger partial charge in [-0.25, -0.2) is 4.98 Å². The predicted molar refractivity (Wildman–Crippen MR) is 65.1 cm³/mol. The summed E-state index contributed by atoms with van der Waals surface area (Å²) in [7, 11) is 0. The maximum atomic E-state index is 8.50. The van der Waals surface area contributed by atoms with Gasteiger partial charge in [0.2, 0.25) is 0 Å². The van der Waals surface area contributed by atoms with Crippen LogP contribution in [-0.4, -0.2) is 47.7 Å². The van der Waals surface area contributed by atoms with Gasteiger partial charge < -0.3 is 19.1 Å². The molecule has 0 aliphatic carbocycles. The zero-order valence-corrected chi connectivity index (χ0v) is 10.7. The Morgan fingerprint density at radius 2 is 1.94 bits per heavy atom. The third-order valence-corrected chi connectivity index (χ3v) is 2.38. The van der Waals surface area contributed by atoms with Gasteiger partial charge in [-0.05, 0) is 6.92 Å². The smallest absolute Gasteiger partial charge is 0.108 e. The van der Waals surface area contributed by atoms with Crippen LogP contribution in [0.3, 0.4) is 0 Å². The lowest BCUT2D eigenvalue weighted by Crippen LogP contribution is -2.12. The number of aliphatic hydroxyl groups excluding tert-OH is 1. The lowest BCUT2D eigenvalue weighted by Gasteiger charge is -2.07. The Morgan fingerprint density at radius 3 is 2.59 bits per heavy atom. The van der Waals surface area contributed by atoms with Gasteiger partial charge in [-0.1, -0.05) is 6.92 Å². The minimum atomic E-state index is 0.0637. The lowest BCUT2D eigenvalue weighted by molar-refractivity contribution is 0.0308. The molecule has 0 atom stereocenters. The first kappa shape index (κ1) is 14.2. The van der Waals surface area contributed by atoms with E-state index in [0.29, 0.717) is 26.4 Å². The zero-order valence-electron chi connectivity index (χ0n) is 10.7. The summed E-state index contributed by atoms with van der Waals surface area (Å²) in [4.78, 5) is 4.42. The molecule has 5 nitrogen and oxygen atoms in total. The van der Waals surface area contributed by atoms with Crippen molar-refractivity contribution < 1.29 is 14.6 Å². The van der Waals surface area contributed by atoms with Gasteiger partial charge in [0.05, 0.1) is 38.7 Å². The van der Waals surface area contributed by atoms with Crippen LogP contribution >= 0.6 is 0 Å². The number of hydrogen-bond donors (Lipinski definition) is 1. The minimum absolute atomic E-state index is 0.0637. The Labute approximate surface area is 102 Å². The van der Waals surface area contributed by atoms with Crippen LogP contribution in [0.2, 0.25) is 0 Å². The van der Waals surface area contributed by atoms with E-state index in [1.165, 1.54) is 0 Å². The standard InChI is InChI=1S/C12H22N2O3/c1-3-12-13-11(2)10-14(12)4-6-16-8-9-17-7-5-15/h10,15H,3-9H2,1-2H3. The van der Waals surface area contributed by atoms with Gasteiger partial charge in [-0.2, -0.15) is 0 Å². The molecular formula is C12H22N2O3. The minimum Gasteiger partial charge on any atom is -0.394 e.